The summed E-state index contributed by atoms with van der Waals surface area (Å²) in [5.74, 6) is 0.0947. The van der Waals surface area contributed by atoms with Crippen molar-refractivity contribution >= 4 is 23.2 Å². The Morgan fingerprint density at radius 1 is 1.04 bits per heavy atom. The molecule has 0 spiro atoms. The van der Waals surface area contributed by atoms with Gasteiger partial charge in [0.25, 0.3) is 0 Å². The van der Waals surface area contributed by atoms with E-state index in [1.807, 2.05) is 50.2 Å². The Morgan fingerprint density at radius 3 is 2.26 bits per heavy atom. The Kier molecular flexibility index (Phi) is 6.05. The van der Waals surface area contributed by atoms with Crippen molar-refractivity contribution in [1.82, 2.24) is 4.90 Å². The van der Waals surface area contributed by atoms with Gasteiger partial charge >= 0.3 is 0 Å². The monoisotopic (exact) mass is 330 g/mol. The zero-order valence-electron chi connectivity index (χ0n) is 13.9. The highest BCUT2D eigenvalue weighted by Crippen LogP contribution is 2.18. The van der Waals surface area contributed by atoms with Gasteiger partial charge < -0.3 is 9.80 Å². The fourth-order valence-corrected chi connectivity index (χ4v) is 2.62. The lowest BCUT2D eigenvalue weighted by Gasteiger charge is -2.22. The third-order valence-corrected chi connectivity index (χ3v) is 4.23. The van der Waals surface area contributed by atoms with Gasteiger partial charge in [-0.2, -0.15) is 0 Å². The maximum atomic E-state index is 12.5. The number of hydrogen-bond acceptors (Lipinski definition) is 2. The van der Waals surface area contributed by atoms with E-state index in [1.165, 1.54) is 0 Å². The van der Waals surface area contributed by atoms with Crippen LogP contribution in [0, 0.1) is 0 Å². The highest BCUT2D eigenvalue weighted by atomic mass is 35.5. The first kappa shape index (κ1) is 17.4. The second-order valence-electron chi connectivity index (χ2n) is 5.74. The summed E-state index contributed by atoms with van der Waals surface area (Å²) in [7, 11) is 4.03. The minimum absolute atomic E-state index is 0.0947. The zero-order chi connectivity index (χ0) is 16.8. The largest absolute Gasteiger partial charge is 0.378 e. The van der Waals surface area contributed by atoms with Gasteiger partial charge in [-0.15, -0.1) is 0 Å². The zero-order valence-corrected chi connectivity index (χ0v) is 14.7. The number of carbonyl (C=O) groups excluding carboxylic acids is 1. The van der Waals surface area contributed by atoms with Crippen molar-refractivity contribution in [3.05, 3.63) is 64.7 Å². The van der Waals surface area contributed by atoms with E-state index in [2.05, 4.69) is 29.2 Å². The van der Waals surface area contributed by atoms with Crippen LogP contribution in [0.15, 0.2) is 48.5 Å². The van der Waals surface area contributed by atoms with Gasteiger partial charge in [0.2, 0.25) is 5.91 Å². The Hall–Kier alpha value is -2.00. The number of nitrogens with zero attached hydrogens (tertiary/aromatic N) is 2. The first-order chi connectivity index (χ1) is 11.0. The van der Waals surface area contributed by atoms with Gasteiger partial charge in [0.1, 0.15) is 0 Å². The quantitative estimate of drug-likeness (QED) is 0.799. The van der Waals surface area contributed by atoms with Crippen molar-refractivity contribution in [2.45, 2.75) is 19.9 Å². The molecule has 0 radical (unpaired) electrons. The molecule has 23 heavy (non-hydrogen) atoms. The average molecular weight is 331 g/mol. The van der Waals surface area contributed by atoms with E-state index in [1.54, 1.807) is 0 Å². The van der Waals surface area contributed by atoms with Gasteiger partial charge in [0.05, 0.1) is 6.42 Å². The number of anilines is 1. The molecule has 0 heterocycles. The number of halogens is 1. The third-order valence-electron chi connectivity index (χ3n) is 3.86. The molecule has 0 saturated heterocycles. The van der Waals surface area contributed by atoms with E-state index in [4.69, 9.17) is 11.6 Å². The smallest absolute Gasteiger partial charge is 0.227 e. The lowest BCUT2D eigenvalue weighted by Crippen LogP contribution is -2.31. The molecule has 0 atom stereocenters. The molecule has 0 aromatic heterocycles. The lowest BCUT2D eigenvalue weighted by molar-refractivity contribution is -0.130. The summed E-state index contributed by atoms with van der Waals surface area (Å²) in [4.78, 5) is 16.4. The van der Waals surface area contributed by atoms with Crippen LogP contribution in [0.5, 0.6) is 0 Å². The van der Waals surface area contributed by atoms with Gasteiger partial charge in [-0.25, -0.2) is 0 Å². The second-order valence-corrected chi connectivity index (χ2v) is 6.14. The molecule has 0 N–H and O–H groups in total. The van der Waals surface area contributed by atoms with Crippen molar-refractivity contribution in [1.29, 1.82) is 0 Å². The maximum absolute atomic E-state index is 12.5. The molecule has 2 aromatic carbocycles. The molecule has 0 unspecified atom stereocenters. The summed E-state index contributed by atoms with van der Waals surface area (Å²) < 4.78 is 0. The van der Waals surface area contributed by atoms with Crippen molar-refractivity contribution in [2.24, 2.45) is 0 Å². The Balaban J connectivity index is 2.04. The van der Waals surface area contributed by atoms with E-state index >= 15 is 0 Å². The summed E-state index contributed by atoms with van der Waals surface area (Å²) in [6.07, 6.45) is 0.337. The van der Waals surface area contributed by atoms with E-state index in [-0.39, 0.29) is 5.91 Å². The van der Waals surface area contributed by atoms with Crippen LogP contribution in [0.25, 0.3) is 0 Å². The summed E-state index contributed by atoms with van der Waals surface area (Å²) in [6, 6.07) is 15.8. The van der Waals surface area contributed by atoms with Gasteiger partial charge in [-0.1, -0.05) is 41.9 Å². The summed E-state index contributed by atoms with van der Waals surface area (Å²) in [5, 5.41) is 0.646. The van der Waals surface area contributed by atoms with Crippen LogP contribution >= 0.6 is 11.6 Å². The predicted molar refractivity (Wildman–Crippen MR) is 97.0 cm³/mol. The van der Waals surface area contributed by atoms with Gasteiger partial charge in [-0.05, 0) is 36.2 Å². The summed E-state index contributed by atoms with van der Waals surface area (Å²) in [5.41, 5.74) is 3.16. The van der Waals surface area contributed by atoms with Crippen molar-refractivity contribution in [3.8, 4) is 0 Å². The average Bonchev–Trinajstić information content (AvgIpc) is 2.55. The molecule has 3 nitrogen and oxygen atoms in total. The molecule has 2 rings (SSSR count). The minimum Gasteiger partial charge on any atom is -0.378 e. The normalized spacial score (nSPS) is 10.4. The molecule has 4 heteroatoms. The number of carbonyl (C=O) groups is 1. The number of benzene rings is 2. The topological polar surface area (TPSA) is 23.6 Å². The van der Waals surface area contributed by atoms with E-state index < -0.39 is 0 Å². The lowest BCUT2D eigenvalue weighted by atomic mass is 10.1. The fourth-order valence-electron chi connectivity index (χ4n) is 2.41. The molecule has 0 aliphatic carbocycles. The van der Waals surface area contributed by atoms with Crippen LogP contribution in [-0.2, 0) is 17.8 Å². The Morgan fingerprint density at radius 2 is 1.70 bits per heavy atom. The van der Waals surface area contributed by atoms with Crippen LogP contribution in [0.1, 0.15) is 18.1 Å². The van der Waals surface area contributed by atoms with Crippen LogP contribution in [0.2, 0.25) is 5.02 Å². The highest BCUT2D eigenvalue weighted by Gasteiger charge is 2.14. The Bertz CT molecular complexity index is 653. The Labute approximate surface area is 143 Å². The van der Waals surface area contributed by atoms with E-state index in [9.17, 15) is 4.79 Å². The number of rotatable bonds is 6. The summed E-state index contributed by atoms with van der Waals surface area (Å²) in [6.45, 7) is 3.30. The number of likely N-dealkylation sites (N-methyl/N-ethyl adjacent to an activating group) is 1. The van der Waals surface area contributed by atoms with Crippen LogP contribution in [0.3, 0.4) is 0 Å². The van der Waals surface area contributed by atoms with E-state index in [0.29, 0.717) is 24.5 Å². The molecular weight excluding hydrogens is 308 g/mol. The number of hydrogen-bond donors (Lipinski definition) is 0. The standard InChI is InChI=1S/C19H23ClN2O/c1-4-22(14-15-9-11-17(12-10-15)21(2)3)19(23)13-16-7-5-6-8-18(16)20/h5-12H,4,13-14H2,1-3H3. The highest BCUT2D eigenvalue weighted by molar-refractivity contribution is 6.31. The van der Waals surface area contributed by atoms with E-state index in [0.717, 1.165) is 16.8 Å². The molecule has 0 fully saturated rings. The van der Waals surface area contributed by atoms with Crippen molar-refractivity contribution < 1.29 is 4.79 Å². The summed E-state index contributed by atoms with van der Waals surface area (Å²) >= 11 is 6.15. The molecule has 2 aromatic rings. The second kappa shape index (κ2) is 8.02. The van der Waals surface area contributed by atoms with Crippen molar-refractivity contribution in [3.63, 3.8) is 0 Å². The SMILES string of the molecule is CCN(Cc1ccc(N(C)C)cc1)C(=O)Cc1ccccc1Cl. The van der Waals surface area contributed by atoms with Gasteiger partial charge in [0.15, 0.2) is 0 Å². The first-order valence-electron chi connectivity index (χ1n) is 7.78. The molecule has 0 aliphatic rings. The number of amides is 1. The molecule has 122 valence electrons. The van der Waals surface area contributed by atoms with Crippen LogP contribution < -0.4 is 4.90 Å². The minimum atomic E-state index is 0.0947. The molecule has 0 bridgehead atoms. The maximum Gasteiger partial charge on any atom is 0.227 e. The van der Waals surface area contributed by atoms with Crippen LogP contribution in [-0.4, -0.2) is 31.4 Å². The van der Waals surface area contributed by atoms with Gasteiger partial charge in [0, 0.05) is 37.9 Å². The van der Waals surface area contributed by atoms with Gasteiger partial charge in [-0.3, -0.25) is 4.79 Å². The molecule has 0 aliphatic heterocycles. The predicted octanol–water partition coefficient (Wildman–Crippen LogP) is 4.00. The fraction of sp³-hybridized carbons (Fsp3) is 0.316. The van der Waals surface area contributed by atoms with Crippen molar-refractivity contribution in [2.75, 3.05) is 25.5 Å². The van der Waals surface area contributed by atoms with Crippen LogP contribution in [0.4, 0.5) is 5.69 Å². The molecular formula is C19H23ClN2O. The third kappa shape index (κ3) is 4.73. The molecule has 0 saturated carbocycles. The molecule has 1 amide bonds. The first-order valence-corrected chi connectivity index (χ1v) is 8.16.